The molecule has 1 aliphatic rings. The summed E-state index contributed by atoms with van der Waals surface area (Å²) >= 11 is 0. The zero-order chi connectivity index (χ0) is 27.4. The van der Waals surface area contributed by atoms with Crippen molar-refractivity contribution in [3.8, 4) is 11.1 Å². The van der Waals surface area contributed by atoms with Crippen LogP contribution in [0.15, 0.2) is 66.7 Å². The average Bonchev–Trinajstić information content (AvgIpc) is 3.22. The maximum atomic E-state index is 13.1. The molecule has 8 nitrogen and oxygen atoms in total. The van der Waals surface area contributed by atoms with Gasteiger partial charge in [-0.1, -0.05) is 30.3 Å². The number of methoxy groups -OCH3 is 2. The quantitative estimate of drug-likeness (QED) is 0.414. The Morgan fingerprint density at radius 2 is 1.63 bits per heavy atom. The van der Waals surface area contributed by atoms with Crippen LogP contribution in [0.5, 0.6) is 0 Å². The number of esters is 1. The Bertz CT molecular complexity index is 1360. The van der Waals surface area contributed by atoms with E-state index in [1.807, 2.05) is 12.1 Å². The summed E-state index contributed by atoms with van der Waals surface area (Å²) in [6, 6.07) is 14.9. The normalized spacial score (nSPS) is 13.6. The van der Waals surface area contributed by atoms with Gasteiger partial charge in [-0.3, -0.25) is 4.79 Å². The number of halogens is 3. The molecule has 3 aromatic rings. The third-order valence-corrected chi connectivity index (χ3v) is 6.04. The molecule has 38 heavy (non-hydrogen) atoms. The number of amides is 3. The molecule has 3 amide bonds. The fourth-order valence-corrected chi connectivity index (χ4v) is 4.15. The first-order chi connectivity index (χ1) is 18.1. The minimum absolute atomic E-state index is 0.00531. The van der Waals surface area contributed by atoms with E-state index in [1.165, 1.54) is 31.3 Å². The molecule has 1 aliphatic heterocycles. The van der Waals surface area contributed by atoms with Crippen LogP contribution in [0.25, 0.3) is 11.1 Å². The number of urea groups is 1. The Morgan fingerprint density at radius 3 is 2.29 bits per heavy atom. The molecule has 0 saturated heterocycles. The number of hydrogen-bond acceptors (Lipinski definition) is 5. The van der Waals surface area contributed by atoms with E-state index < -0.39 is 29.8 Å². The number of hydrogen-bond donors (Lipinski definition) is 2. The highest BCUT2D eigenvalue weighted by Crippen LogP contribution is 2.32. The Morgan fingerprint density at radius 1 is 0.947 bits per heavy atom. The fourth-order valence-electron chi connectivity index (χ4n) is 4.15. The molecule has 4 rings (SSSR count). The van der Waals surface area contributed by atoms with Crippen molar-refractivity contribution < 1.29 is 37.0 Å². The molecule has 1 atom stereocenters. The highest BCUT2D eigenvalue weighted by atomic mass is 19.4. The first-order valence-corrected chi connectivity index (χ1v) is 11.5. The summed E-state index contributed by atoms with van der Waals surface area (Å²) in [6.45, 7) is 0.260. The van der Waals surface area contributed by atoms with Gasteiger partial charge in [0.05, 0.1) is 19.3 Å². The predicted octanol–water partition coefficient (Wildman–Crippen LogP) is 5.16. The second kappa shape index (κ2) is 10.9. The third-order valence-electron chi connectivity index (χ3n) is 6.04. The Balaban J connectivity index is 1.44. The molecule has 0 aromatic heterocycles. The van der Waals surface area contributed by atoms with E-state index in [9.17, 15) is 27.6 Å². The summed E-state index contributed by atoms with van der Waals surface area (Å²) in [5.41, 5.74) is 2.32. The van der Waals surface area contributed by atoms with Crippen LogP contribution in [0.4, 0.5) is 29.3 Å². The van der Waals surface area contributed by atoms with Gasteiger partial charge in [-0.05, 0) is 53.1 Å². The van der Waals surface area contributed by atoms with E-state index in [4.69, 9.17) is 9.47 Å². The van der Waals surface area contributed by atoms with Gasteiger partial charge in [0, 0.05) is 30.6 Å². The van der Waals surface area contributed by atoms with Crippen molar-refractivity contribution in [3.05, 3.63) is 83.4 Å². The number of rotatable bonds is 7. The lowest BCUT2D eigenvalue weighted by atomic mass is 10.0. The van der Waals surface area contributed by atoms with Gasteiger partial charge in [0.1, 0.15) is 0 Å². The van der Waals surface area contributed by atoms with Crippen molar-refractivity contribution in [2.24, 2.45) is 0 Å². The number of carbonyl (C=O) groups is 3. The maximum Gasteiger partial charge on any atom is 0.416 e. The summed E-state index contributed by atoms with van der Waals surface area (Å²) in [5.74, 6) is -0.868. The van der Waals surface area contributed by atoms with Crippen LogP contribution in [0.1, 0.15) is 21.5 Å². The second-order valence-corrected chi connectivity index (χ2v) is 8.53. The van der Waals surface area contributed by atoms with Crippen molar-refractivity contribution in [2.45, 2.75) is 18.8 Å². The monoisotopic (exact) mass is 527 g/mol. The van der Waals surface area contributed by atoms with E-state index >= 15 is 0 Å². The topological polar surface area (TPSA) is 97.0 Å². The maximum absolute atomic E-state index is 13.1. The minimum atomic E-state index is -4.52. The molecular formula is C27H24F3N3O5. The van der Waals surface area contributed by atoms with Gasteiger partial charge in [0.15, 0.2) is 6.04 Å². The van der Waals surface area contributed by atoms with Crippen LogP contribution in [0.3, 0.4) is 0 Å². The standard InChI is InChI=1S/C27H24F3N3O5/c1-37-15-23(25(35)38-2)33-14-18-7-6-17(12-22(18)24(33)34)16-8-10-20(11-9-16)31-26(36)32-21-5-3-4-19(13-21)27(28,29)30/h3-13,23H,14-15H2,1-2H3,(H2,31,32,36). The summed E-state index contributed by atoms with van der Waals surface area (Å²) in [7, 11) is 2.69. The molecule has 0 bridgehead atoms. The number of anilines is 2. The Labute approximate surface area is 216 Å². The minimum Gasteiger partial charge on any atom is -0.467 e. The molecule has 0 aliphatic carbocycles. The zero-order valence-electron chi connectivity index (χ0n) is 20.5. The largest absolute Gasteiger partial charge is 0.467 e. The number of benzene rings is 3. The van der Waals surface area contributed by atoms with Crippen LogP contribution in [-0.4, -0.2) is 49.7 Å². The molecular weight excluding hydrogens is 503 g/mol. The lowest BCUT2D eigenvalue weighted by molar-refractivity contribution is -0.148. The molecule has 1 unspecified atom stereocenters. The summed E-state index contributed by atoms with van der Waals surface area (Å²) in [6.07, 6.45) is -4.52. The molecule has 2 N–H and O–H groups in total. The predicted molar refractivity (Wildman–Crippen MR) is 134 cm³/mol. The van der Waals surface area contributed by atoms with Gasteiger partial charge in [-0.15, -0.1) is 0 Å². The lowest BCUT2D eigenvalue weighted by Crippen LogP contribution is -2.45. The Hall–Kier alpha value is -4.38. The van der Waals surface area contributed by atoms with Crippen LogP contribution >= 0.6 is 0 Å². The van der Waals surface area contributed by atoms with Crippen LogP contribution in [-0.2, 0) is 27.0 Å². The SMILES string of the molecule is COCC(C(=O)OC)N1Cc2ccc(-c3ccc(NC(=O)Nc4cccc(C(F)(F)F)c4)cc3)cc2C1=O. The van der Waals surface area contributed by atoms with E-state index in [0.717, 1.165) is 28.8 Å². The van der Waals surface area contributed by atoms with E-state index in [-0.39, 0.29) is 24.7 Å². The first kappa shape index (κ1) is 26.7. The van der Waals surface area contributed by atoms with Crippen molar-refractivity contribution in [3.63, 3.8) is 0 Å². The van der Waals surface area contributed by atoms with Crippen LogP contribution in [0, 0.1) is 0 Å². The van der Waals surface area contributed by atoms with Crippen molar-refractivity contribution in [2.75, 3.05) is 31.5 Å². The first-order valence-electron chi connectivity index (χ1n) is 11.5. The summed E-state index contributed by atoms with van der Waals surface area (Å²) in [4.78, 5) is 38.9. The molecule has 3 aromatic carbocycles. The van der Waals surface area contributed by atoms with Gasteiger partial charge in [0.25, 0.3) is 5.91 Å². The van der Waals surface area contributed by atoms with Crippen LogP contribution < -0.4 is 10.6 Å². The van der Waals surface area contributed by atoms with Crippen molar-refractivity contribution >= 4 is 29.3 Å². The molecule has 0 spiro atoms. The third kappa shape index (κ3) is 5.78. The van der Waals surface area contributed by atoms with Crippen molar-refractivity contribution in [1.29, 1.82) is 0 Å². The van der Waals surface area contributed by atoms with Gasteiger partial charge in [-0.2, -0.15) is 13.2 Å². The van der Waals surface area contributed by atoms with Gasteiger partial charge >= 0.3 is 18.2 Å². The number of nitrogens with zero attached hydrogens (tertiary/aromatic N) is 1. The number of ether oxygens (including phenoxy) is 2. The van der Waals surface area contributed by atoms with E-state index in [1.54, 1.807) is 30.3 Å². The second-order valence-electron chi connectivity index (χ2n) is 8.53. The molecule has 11 heteroatoms. The fraction of sp³-hybridized carbons (Fsp3) is 0.222. The average molecular weight is 527 g/mol. The molecule has 1 heterocycles. The molecule has 0 radical (unpaired) electrons. The molecule has 0 fully saturated rings. The molecule has 198 valence electrons. The molecule has 0 saturated carbocycles. The zero-order valence-corrected chi connectivity index (χ0v) is 20.5. The van der Waals surface area contributed by atoms with Gasteiger partial charge in [-0.25, -0.2) is 9.59 Å². The number of nitrogens with one attached hydrogen (secondary N) is 2. The number of carbonyl (C=O) groups excluding carboxylic acids is 3. The van der Waals surface area contributed by atoms with Gasteiger partial charge < -0.3 is 25.0 Å². The highest BCUT2D eigenvalue weighted by Gasteiger charge is 2.37. The van der Waals surface area contributed by atoms with E-state index in [2.05, 4.69) is 10.6 Å². The number of fused-ring (bicyclic) bond motifs is 1. The summed E-state index contributed by atoms with van der Waals surface area (Å²) < 4.78 is 48.6. The lowest BCUT2D eigenvalue weighted by Gasteiger charge is -2.24. The Kier molecular flexibility index (Phi) is 7.67. The van der Waals surface area contributed by atoms with Crippen LogP contribution in [0.2, 0.25) is 0 Å². The highest BCUT2D eigenvalue weighted by molar-refractivity contribution is 6.02. The van der Waals surface area contributed by atoms with Crippen molar-refractivity contribution in [1.82, 2.24) is 4.90 Å². The smallest absolute Gasteiger partial charge is 0.416 e. The van der Waals surface area contributed by atoms with Gasteiger partial charge in [0.2, 0.25) is 0 Å². The number of alkyl halides is 3. The summed E-state index contributed by atoms with van der Waals surface area (Å²) in [5, 5.41) is 4.96. The van der Waals surface area contributed by atoms with E-state index in [0.29, 0.717) is 11.3 Å².